The molecule has 1 atom stereocenters. The van der Waals surface area contributed by atoms with Crippen LogP contribution < -0.4 is 5.32 Å². The van der Waals surface area contributed by atoms with Crippen LogP contribution in [0.1, 0.15) is 31.7 Å². The Morgan fingerprint density at radius 3 is 2.52 bits per heavy atom. The number of rotatable bonds is 3. The summed E-state index contributed by atoms with van der Waals surface area (Å²) in [5.41, 5.74) is -0.331. The lowest BCUT2D eigenvalue weighted by atomic mass is 10.0. The van der Waals surface area contributed by atoms with Crippen LogP contribution in [0.5, 0.6) is 0 Å². The number of hydrogen-bond donors (Lipinski definition) is 1. The highest BCUT2D eigenvalue weighted by Gasteiger charge is 2.30. The zero-order valence-electron chi connectivity index (χ0n) is 11.9. The Morgan fingerprint density at radius 2 is 1.95 bits per heavy atom. The Labute approximate surface area is 122 Å². The molecule has 0 radical (unpaired) electrons. The quantitative estimate of drug-likeness (QED) is 0.926. The van der Waals surface area contributed by atoms with E-state index in [1.807, 2.05) is 0 Å². The molecule has 1 N–H and O–H groups in total. The molecule has 3 nitrogen and oxygen atoms in total. The van der Waals surface area contributed by atoms with Crippen molar-refractivity contribution in [2.24, 2.45) is 0 Å². The molecule has 0 saturated carbocycles. The standard InChI is InChI=1S/C15H19F3N2O/c1-11-4-2-3-9-20(11)10-14(21)19-13-7-5-12(6-8-13)15(16,17)18/h5-8,11H,2-4,9-10H2,1H3,(H,19,21)/t11-/m0/s1. The number of halogens is 3. The first kappa shape index (κ1) is 15.8. The third-order valence-corrected chi connectivity index (χ3v) is 3.78. The second-order valence-electron chi connectivity index (χ2n) is 5.44. The fraction of sp³-hybridized carbons (Fsp3) is 0.533. The van der Waals surface area contributed by atoms with Crippen molar-refractivity contribution in [1.82, 2.24) is 4.90 Å². The first-order valence-corrected chi connectivity index (χ1v) is 7.07. The zero-order chi connectivity index (χ0) is 15.5. The van der Waals surface area contributed by atoms with Gasteiger partial charge in [0.1, 0.15) is 0 Å². The molecule has 1 heterocycles. The number of benzene rings is 1. The van der Waals surface area contributed by atoms with Crippen molar-refractivity contribution in [3.63, 3.8) is 0 Å². The molecule has 1 aliphatic rings. The second-order valence-corrected chi connectivity index (χ2v) is 5.44. The molecule has 1 aliphatic heterocycles. The van der Waals surface area contributed by atoms with Gasteiger partial charge in [0.25, 0.3) is 0 Å². The number of anilines is 1. The molecule has 0 bridgehead atoms. The highest BCUT2D eigenvalue weighted by molar-refractivity contribution is 5.92. The average molecular weight is 300 g/mol. The van der Waals surface area contributed by atoms with Crippen LogP contribution in [-0.2, 0) is 11.0 Å². The first-order valence-electron chi connectivity index (χ1n) is 7.07. The molecule has 0 spiro atoms. The van der Waals surface area contributed by atoms with Gasteiger partial charge in [-0.3, -0.25) is 9.69 Å². The number of alkyl halides is 3. The molecule has 1 fully saturated rings. The van der Waals surface area contributed by atoms with Crippen LogP contribution in [0.25, 0.3) is 0 Å². The number of carbonyl (C=O) groups excluding carboxylic acids is 1. The third kappa shape index (κ3) is 4.46. The van der Waals surface area contributed by atoms with Crippen molar-refractivity contribution < 1.29 is 18.0 Å². The van der Waals surface area contributed by atoms with Gasteiger partial charge < -0.3 is 5.32 Å². The lowest BCUT2D eigenvalue weighted by Gasteiger charge is -2.32. The molecule has 1 amide bonds. The summed E-state index contributed by atoms with van der Waals surface area (Å²) in [5.74, 6) is -0.191. The number of carbonyl (C=O) groups is 1. The monoisotopic (exact) mass is 300 g/mol. The molecule has 0 aliphatic carbocycles. The molecule has 0 aromatic heterocycles. The number of likely N-dealkylation sites (tertiary alicyclic amines) is 1. The van der Waals surface area contributed by atoms with Crippen molar-refractivity contribution in [2.45, 2.75) is 38.4 Å². The van der Waals surface area contributed by atoms with E-state index in [1.165, 1.54) is 18.6 Å². The van der Waals surface area contributed by atoms with E-state index < -0.39 is 11.7 Å². The Morgan fingerprint density at radius 1 is 1.29 bits per heavy atom. The van der Waals surface area contributed by atoms with Crippen LogP contribution >= 0.6 is 0 Å². The maximum atomic E-state index is 12.4. The molecule has 21 heavy (non-hydrogen) atoms. The fourth-order valence-corrected chi connectivity index (χ4v) is 2.52. The minimum Gasteiger partial charge on any atom is -0.325 e. The summed E-state index contributed by atoms with van der Waals surface area (Å²) in [6.45, 7) is 3.26. The molecule has 116 valence electrons. The Balaban J connectivity index is 1.90. The normalized spacial score (nSPS) is 20.3. The maximum absolute atomic E-state index is 12.4. The average Bonchev–Trinajstić information content (AvgIpc) is 2.41. The van der Waals surface area contributed by atoms with E-state index in [2.05, 4.69) is 17.1 Å². The lowest BCUT2D eigenvalue weighted by Crippen LogP contribution is -2.42. The molecule has 0 unspecified atom stereocenters. The second kappa shape index (κ2) is 6.47. The van der Waals surface area contributed by atoms with Crippen molar-refractivity contribution in [3.8, 4) is 0 Å². The Kier molecular flexibility index (Phi) is 4.88. The first-order chi connectivity index (χ1) is 9.86. The Bertz CT molecular complexity index is 485. The smallest absolute Gasteiger partial charge is 0.325 e. The van der Waals surface area contributed by atoms with Gasteiger partial charge in [-0.2, -0.15) is 13.2 Å². The summed E-state index contributed by atoms with van der Waals surface area (Å²) in [6, 6.07) is 4.87. The van der Waals surface area contributed by atoms with Gasteiger partial charge in [-0.25, -0.2) is 0 Å². The van der Waals surface area contributed by atoms with Crippen LogP contribution in [-0.4, -0.2) is 29.9 Å². The number of nitrogens with one attached hydrogen (secondary N) is 1. The van der Waals surface area contributed by atoms with Crippen LogP contribution in [0.15, 0.2) is 24.3 Å². The highest BCUT2D eigenvalue weighted by atomic mass is 19.4. The van der Waals surface area contributed by atoms with Gasteiger partial charge in [0.05, 0.1) is 12.1 Å². The maximum Gasteiger partial charge on any atom is 0.416 e. The molecule has 2 rings (SSSR count). The number of piperidine rings is 1. The van der Waals surface area contributed by atoms with E-state index in [1.54, 1.807) is 0 Å². The summed E-state index contributed by atoms with van der Waals surface area (Å²) in [7, 11) is 0. The van der Waals surface area contributed by atoms with Gasteiger partial charge in [0.15, 0.2) is 0 Å². The van der Waals surface area contributed by atoms with Gasteiger partial charge >= 0.3 is 6.18 Å². The van der Waals surface area contributed by atoms with E-state index in [0.717, 1.165) is 31.5 Å². The van der Waals surface area contributed by atoms with Crippen LogP contribution in [0.4, 0.5) is 18.9 Å². The van der Waals surface area contributed by atoms with Gasteiger partial charge in [0, 0.05) is 11.7 Å². The number of amides is 1. The number of hydrogen-bond acceptors (Lipinski definition) is 2. The van der Waals surface area contributed by atoms with Crippen molar-refractivity contribution in [2.75, 3.05) is 18.4 Å². The fourth-order valence-electron chi connectivity index (χ4n) is 2.52. The summed E-state index contributed by atoms with van der Waals surface area (Å²) >= 11 is 0. The topological polar surface area (TPSA) is 32.3 Å². The lowest BCUT2D eigenvalue weighted by molar-refractivity contribution is -0.137. The minimum absolute atomic E-state index is 0.191. The third-order valence-electron chi connectivity index (χ3n) is 3.78. The van der Waals surface area contributed by atoms with Crippen LogP contribution in [0, 0.1) is 0 Å². The molecule has 1 aromatic rings. The predicted octanol–water partition coefficient (Wildman–Crippen LogP) is 3.52. The van der Waals surface area contributed by atoms with Gasteiger partial charge in [-0.15, -0.1) is 0 Å². The van der Waals surface area contributed by atoms with Crippen LogP contribution in [0.3, 0.4) is 0 Å². The minimum atomic E-state index is -4.36. The summed E-state index contributed by atoms with van der Waals surface area (Å²) < 4.78 is 37.3. The molecular formula is C15H19F3N2O. The SMILES string of the molecule is C[C@H]1CCCCN1CC(=O)Nc1ccc(C(F)(F)F)cc1. The van der Waals surface area contributed by atoms with E-state index in [9.17, 15) is 18.0 Å². The summed E-state index contributed by atoms with van der Waals surface area (Å²) in [5, 5.41) is 2.64. The van der Waals surface area contributed by atoms with E-state index in [-0.39, 0.29) is 12.5 Å². The van der Waals surface area contributed by atoms with Gasteiger partial charge in [-0.05, 0) is 50.6 Å². The van der Waals surface area contributed by atoms with Crippen molar-refractivity contribution in [3.05, 3.63) is 29.8 Å². The molecule has 1 saturated heterocycles. The van der Waals surface area contributed by atoms with Gasteiger partial charge in [-0.1, -0.05) is 6.42 Å². The van der Waals surface area contributed by atoms with Crippen LogP contribution in [0.2, 0.25) is 0 Å². The molecule has 6 heteroatoms. The number of nitrogens with zero attached hydrogens (tertiary/aromatic N) is 1. The predicted molar refractivity (Wildman–Crippen MR) is 75.0 cm³/mol. The molecular weight excluding hydrogens is 281 g/mol. The van der Waals surface area contributed by atoms with E-state index >= 15 is 0 Å². The molecule has 1 aromatic carbocycles. The van der Waals surface area contributed by atoms with E-state index in [0.29, 0.717) is 11.7 Å². The van der Waals surface area contributed by atoms with E-state index in [4.69, 9.17) is 0 Å². The summed E-state index contributed by atoms with van der Waals surface area (Å²) in [4.78, 5) is 14.0. The van der Waals surface area contributed by atoms with Crippen molar-refractivity contribution >= 4 is 11.6 Å². The largest absolute Gasteiger partial charge is 0.416 e. The Hall–Kier alpha value is -1.56. The highest BCUT2D eigenvalue weighted by Crippen LogP contribution is 2.29. The zero-order valence-corrected chi connectivity index (χ0v) is 11.9. The summed E-state index contributed by atoms with van der Waals surface area (Å²) in [6.07, 6.45) is -1.02. The van der Waals surface area contributed by atoms with Gasteiger partial charge in [0.2, 0.25) is 5.91 Å². The van der Waals surface area contributed by atoms with Crippen molar-refractivity contribution in [1.29, 1.82) is 0 Å².